The number of rotatable bonds is 7. The van der Waals surface area contributed by atoms with Crippen LogP contribution in [0.3, 0.4) is 0 Å². The topological polar surface area (TPSA) is 101 Å². The summed E-state index contributed by atoms with van der Waals surface area (Å²) in [5.74, 6) is -0.157. The van der Waals surface area contributed by atoms with Gasteiger partial charge in [0.25, 0.3) is 0 Å². The molecule has 142 valence electrons. The zero-order chi connectivity index (χ0) is 18.4. The molecule has 0 fully saturated rings. The van der Waals surface area contributed by atoms with Gasteiger partial charge in [-0.25, -0.2) is 13.1 Å². The van der Waals surface area contributed by atoms with Gasteiger partial charge in [-0.05, 0) is 37.2 Å². The van der Waals surface area contributed by atoms with Gasteiger partial charge in [0.1, 0.15) is 0 Å². The standard InChI is InChI=1S/C18H23N3O3S.ClH/c1-13(14-8-10-16(11-9-14)25(23,24)20-2)21-18(22)12-17(19)15-6-4-3-5-7-15;/h3-11,13,17,20H,12,19H2,1-2H3,(H,21,22);1H. The third kappa shape index (κ3) is 5.81. The summed E-state index contributed by atoms with van der Waals surface area (Å²) >= 11 is 0. The zero-order valence-corrected chi connectivity index (χ0v) is 16.3. The molecule has 2 aromatic carbocycles. The van der Waals surface area contributed by atoms with Crippen LogP contribution >= 0.6 is 12.4 Å². The quantitative estimate of drug-likeness (QED) is 0.667. The first-order valence-corrected chi connectivity index (χ1v) is 9.45. The Hall–Kier alpha value is -1.93. The van der Waals surface area contributed by atoms with Crippen molar-refractivity contribution >= 4 is 28.3 Å². The molecule has 0 heterocycles. The molecule has 2 rings (SSSR count). The molecule has 0 bridgehead atoms. The van der Waals surface area contributed by atoms with E-state index >= 15 is 0 Å². The van der Waals surface area contributed by atoms with Gasteiger partial charge in [-0.15, -0.1) is 12.4 Å². The van der Waals surface area contributed by atoms with Crippen LogP contribution in [0, 0.1) is 0 Å². The van der Waals surface area contributed by atoms with Crippen LogP contribution in [0.5, 0.6) is 0 Å². The van der Waals surface area contributed by atoms with E-state index < -0.39 is 10.0 Å². The predicted molar refractivity (Wildman–Crippen MR) is 104 cm³/mol. The van der Waals surface area contributed by atoms with Crippen molar-refractivity contribution in [2.75, 3.05) is 7.05 Å². The van der Waals surface area contributed by atoms with E-state index in [4.69, 9.17) is 5.73 Å². The van der Waals surface area contributed by atoms with Crippen LogP contribution in [0.4, 0.5) is 0 Å². The van der Waals surface area contributed by atoms with Crippen LogP contribution < -0.4 is 15.8 Å². The van der Waals surface area contributed by atoms with Crippen molar-refractivity contribution in [3.05, 3.63) is 65.7 Å². The summed E-state index contributed by atoms with van der Waals surface area (Å²) in [5, 5.41) is 2.89. The van der Waals surface area contributed by atoms with Crippen LogP contribution in [-0.2, 0) is 14.8 Å². The molecule has 0 aliphatic carbocycles. The average molecular weight is 398 g/mol. The lowest BCUT2D eigenvalue weighted by Gasteiger charge is -2.17. The van der Waals surface area contributed by atoms with E-state index in [2.05, 4.69) is 10.0 Å². The third-order valence-corrected chi connectivity index (χ3v) is 5.40. The molecular formula is C18H24ClN3O3S. The summed E-state index contributed by atoms with van der Waals surface area (Å²) < 4.78 is 25.7. The Morgan fingerprint density at radius 1 is 1.04 bits per heavy atom. The van der Waals surface area contributed by atoms with Crippen LogP contribution in [-0.4, -0.2) is 21.4 Å². The second kappa shape index (κ2) is 9.68. The highest BCUT2D eigenvalue weighted by Crippen LogP contribution is 2.18. The lowest BCUT2D eigenvalue weighted by atomic mass is 10.0. The van der Waals surface area contributed by atoms with Crippen LogP contribution in [0.25, 0.3) is 0 Å². The minimum Gasteiger partial charge on any atom is -0.350 e. The molecule has 6 nitrogen and oxygen atoms in total. The van der Waals surface area contributed by atoms with E-state index in [-0.39, 0.29) is 41.7 Å². The van der Waals surface area contributed by atoms with Gasteiger partial charge in [0.15, 0.2) is 0 Å². The Morgan fingerprint density at radius 3 is 2.15 bits per heavy atom. The average Bonchev–Trinajstić information content (AvgIpc) is 2.62. The fourth-order valence-electron chi connectivity index (χ4n) is 2.46. The van der Waals surface area contributed by atoms with E-state index in [1.807, 2.05) is 37.3 Å². The van der Waals surface area contributed by atoms with Gasteiger partial charge in [-0.2, -0.15) is 0 Å². The molecule has 0 aliphatic heterocycles. The monoisotopic (exact) mass is 397 g/mol. The highest BCUT2D eigenvalue weighted by Gasteiger charge is 2.16. The SMILES string of the molecule is CNS(=O)(=O)c1ccc(C(C)NC(=O)CC(N)c2ccccc2)cc1.Cl. The fourth-order valence-corrected chi connectivity index (χ4v) is 3.19. The van der Waals surface area contributed by atoms with E-state index in [1.54, 1.807) is 12.1 Å². The van der Waals surface area contributed by atoms with Gasteiger partial charge < -0.3 is 11.1 Å². The minimum atomic E-state index is -3.46. The van der Waals surface area contributed by atoms with Crippen molar-refractivity contribution in [2.45, 2.75) is 30.3 Å². The molecule has 0 aromatic heterocycles. The molecule has 0 saturated heterocycles. The van der Waals surface area contributed by atoms with Gasteiger partial charge in [0.2, 0.25) is 15.9 Å². The highest BCUT2D eigenvalue weighted by molar-refractivity contribution is 7.89. The second-order valence-electron chi connectivity index (χ2n) is 5.79. The van der Waals surface area contributed by atoms with Crippen molar-refractivity contribution in [2.24, 2.45) is 5.73 Å². The molecule has 0 saturated carbocycles. The number of halogens is 1. The molecule has 2 aromatic rings. The van der Waals surface area contributed by atoms with Gasteiger partial charge in [0, 0.05) is 12.5 Å². The number of nitrogens with two attached hydrogens (primary N) is 1. The molecule has 2 atom stereocenters. The molecular weight excluding hydrogens is 374 g/mol. The van der Waals surface area contributed by atoms with Gasteiger partial charge in [-0.3, -0.25) is 4.79 Å². The van der Waals surface area contributed by atoms with Crippen molar-refractivity contribution in [1.82, 2.24) is 10.0 Å². The summed E-state index contributed by atoms with van der Waals surface area (Å²) in [5.41, 5.74) is 7.78. The van der Waals surface area contributed by atoms with E-state index in [0.29, 0.717) is 0 Å². The number of hydrogen-bond donors (Lipinski definition) is 3. The Balaban J connectivity index is 0.00000338. The highest BCUT2D eigenvalue weighted by atomic mass is 35.5. The van der Waals surface area contributed by atoms with Crippen molar-refractivity contribution in [3.8, 4) is 0 Å². The zero-order valence-electron chi connectivity index (χ0n) is 14.7. The Bertz CT molecular complexity index is 811. The van der Waals surface area contributed by atoms with E-state index in [1.165, 1.54) is 19.2 Å². The smallest absolute Gasteiger partial charge is 0.240 e. The lowest BCUT2D eigenvalue weighted by molar-refractivity contribution is -0.122. The first kappa shape index (κ1) is 22.1. The van der Waals surface area contributed by atoms with E-state index in [9.17, 15) is 13.2 Å². The van der Waals surface area contributed by atoms with Crippen molar-refractivity contribution in [1.29, 1.82) is 0 Å². The largest absolute Gasteiger partial charge is 0.350 e. The maximum atomic E-state index is 12.2. The predicted octanol–water partition coefficient (Wildman–Crippen LogP) is 2.28. The van der Waals surface area contributed by atoms with Crippen LogP contribution in [0.15, 0.2) is 59.5 Å². The Morgan fingerprint density at radius 2 is 1.62 bits per heavy atom. The summed E-state index contributed by atoms with van der Waals surface area (Å²) in [6.07, 6.45) is 0.181. The number of hydrogen-bond acceptors (Lipinski definition) is 4. The summed E-state index contributed by atoms with van der Waals surface area (Å²) in [6, 6.07) is 15.2. The number of sulfonamides is 1. The van der Waals surface area contributed by atoms with Gasteiger partial charge >= 0.3 is 0 Å². The maximum absolute atomic E-state index is 12.2. The van der Waals surface area contributed by atoms with Gasteiger partial charge in [-0.1, -0.05) is 42.5 Å². The molecule has 0 aliphatic rings. The molecule has 4 N–H and O–H groups in total. The first-order chi connectivity index (χ1) is 11.8. The summed E-state index contributed by atoms with van der Waals surface area (Å²) in [7, 11) is -2.10. The molecule has 2 unspecified atom stereocenters. The fraction of sp³-hybridized carbons (Fsp3) is 0.278. The number of carbonyl (C=O) groups excluding carboxylic acids is 1. The molecule has 8 heteroatoms. The van der Waals surface area contributed by atoms with Crippen molar-refractivity contribution in [3.63, 3.8) is 0 Å². The summed E-state index contributed by atoms with van der Waals surface area (Å²) in [4.78, 5) is 12.4. The lowest BCUT2D eigenvalue weighted by Crippen LogP contribution is -2.29. The van der Waals surface area contributed by atoms with E-state index in [0.717, 1.165) is 11.1 Å². The summed E-state index contributed by atoms with van der Waals surface area (Å²) in [6.45, 7) is 1.84. The Kier molecular flexibility index (Phi) is 8.23. The van der Waals surface area contributed by atoms with Crippen molar-refractivity contribution < 1.29 is 13.2 Å². The molecule has 1 amide bonds. The number of carbonyl (C=O) groups is 1. The third-order valence-electron chi connectivity index (χ3n) is 3.97. The van der Waals surface area contributed by atoms with Crippen LogP contribution in [0.2, 0.25) is 0 Å². The number of amides is 1. The number of nitrogens with one attached hydrogen (secondary N) is 2. The molecule has 26 heavy (non-hydrogen) atoms. The maximum Gasteiger partial charge on any atom is 0.240 e. The second-order valence-corrected chi connectivity index (χ2v) is 7.67. The first-order valence-electron chi connectivity index (χ1n) is 7.97. The Labute approximate surface area is 160 Å². The van der Waals surface area contributed by atoms with Crippen LogP contribution in [0.1, 0.15) is 36.6 Å². The molecule has 0 spiro atoms. The molecule has 0 radical (unpaired) electrons. The normalized spacial score (nSPS) is 13.3. The number of benzene rings is 2. The van der Waals surface area contributed by atoms with Gasteiger partial charge in [0.05, 0.1) is 10.9 Å². The minimum absolute atomic E-state index is 0.